The number of nitrogens with one attached hydrogen (secondary N) is 1. The Hall–Kier alpha value is -2.37. The first-order chi connectivity index (χ1) is 12.7. The van der Waals surface area contributed by atoms with Gasteiger partial charge in [-0.15, -0.1) is 0 Å². The van der Waals surface area contributed by atoms with E-state index in [-0.39, 0.29) is 11.8 Å². The molecule has 2 amide bonds. The zero-order valence-corrected chi connectivity index (χ0v) is 15.3. The van der Waals surface area contributed by atoms with Crippen molar-refractivity contribution >= 4 is 6.03 Å². The van der Waals surface area contributed by atoms with Crippen molar-refractivity contribution in [3.63, 3.8) is 0 Å². The lowest BCUT2D eigenvalue weighted by atomic mass is 9.96. The second-order valence-corrected chi connectivity index (χ2v) is 6.88. The number of amides is 2. The lowest BCUT2D eigenvalue weighted by Crippen LogP contribution is -2.44. The molecule has 0 aliphatic carbocycles. The van der Waals surface area contributed by atoms with Gasteiger partial charge in [-0.3, -0.25) is 0 Å². The fourth-order valence-electron chi connectivity index (χ4n) is 3.48. The molecule has 2 heterocycles. The molecule has 0 bridgehead atoms. The fourth-order valence-corrected chi connectivity index (χ4v) is 3.48. The van der Waals surface area contributed by atoms with Gasteiger partial charge in [-0.25, -0.2) is 14.2 Å². The van der Waals surface area contributed by atoms with Crippen LogP contribution in [0.25, 0.3) is 0 Å². The number of benzene rings is 1. The van der Waals surface area contributed by atoms with Crippen LogP contribution in [0.4, 0.5) is 9.18 Å². The number of hydrogen-bond donors (Lipinski definition) is 1. The van der Waals surface area contributed by atoms with Crippen LogP contribution in [0.15, 0.2) is 36.7 Å². The first-order valence-corrected chi connectivity index (χ1v) is 9.45. The highest BCUT2D eigenvalue weighted by molar-refractivity contribution is 5.74. The number of aryl methyl sites for hydroxylation is 1. The molecule has 6 heteroatoms. The molecule has 0 unspecified atom stereocenters. The summed E-state index contributed by atoms with van der Waals surface area (Å²) >= 11 is 0. The summed E-state index contributed by atoms with van der Waals surface area (Å²) in [5.41, 5.74) is 0.770. The molecule has 1 N–H and O–H groups in total. The van der Waals surface area contributed by atoms with E-state index in [1.165, 1.54) is 18.6 Å². The quantitative estimate of drug-likeness (QED) is 0.851. The largest absolute Gasteiger partial charge is 0.335 e. The Bertz CT molecular complexity index is 722. The maximum atomic E-state index is 13.2. The van der Waals surface area contributed by atoms with Crippen LogP contribution < -0.4 is 5.32 Å². The van der Waals surface area contributed by atoms with Crippen molar-refractivity contribution in [1.82, 2.24) is 19.8 Å². The Morgan fingerprint density at radius 2 is 2.15 bits per heavy atom. The maximum Gasteiger partial charge on any atom is 0.317 e. The minimum absolute atomic E-state index is 0.0814. The fraction of sp³-hybridized carbons (Fsp3) is 0.500. The van der Waals surface area contributed by atoms with Gasteiger partial charge < -0.3 is 14.8 Å². The van der Waals surface area contributed by atoms with Crippen molar-refractivity contribution in [3.05, 3.63) is 53.9 Å². The molecule has 1 aromatic carbocycles. The number of carbonyl (C=O) groups is 1. The first-order valence-electron chi connectivity index (χ1n) is 9.45. The highest BCUT2D eigenvalue weighted by Crippen LogP contribution is 2.27. The average molecular weight is 358 g/mol. The average Bonchev–Trinajstić information content (AvgIpc) is 3.13. The van der Waals surface area contributed by atoms with E-state index in [9.17, 15) is 9.18 Å². The Morgan fingerprint density at radius 1 is 1.35 bits per heavy atom. The zero-order valence-electron chi connectivity index (χ0n) is 15.3. The van der Waals surface area contributed by atoms with Crippen LogP contribution >= 0.6 is 0 Å². The predicted octanol–water partition coefficient (Wildman–Crippen LogP) is 3.91. The third-order valence-corrected chi connectivity index (χ3v) is 4.98. The summed E-state index contributed by atoms with van der Waals surface area (Å²) in [4.78, 5) is 18.8. The van der Waals surface area contributed by atoms with Crippen molar-refractivity contribution in [2.24, 2.45) is 0 Å². The summed E-state index contributed by atoms with van der Waals surface area (Å²) < 4.78 is 15.5. The topological polar surface area (TPSA) is 50.2 Å². The third kappa shape index (κ3) is 4.62. The summed E-state index contributed by atoms with van der Waals surface area (Å²) in [7, 11) is 0. The Kier molecular flexibility index (Phi) is 6.26. The molecule has 3 rings (SSSR count). The van der Waals surface area contributed by atoms with Crippen LogP contribution in [0, 0.1) is 5.82 Å². The molecule has 0 spiro atoms. The van der Waals surface area contributed by atoms with E-state index >= 15 is 0 Å². The van der Waals surface area contributed by atoms with Gasteiger partial charge in [0.1, 0.15) is 11.6 Å². The number of halogens is 1. The Morgan fingerprint density at radius 3 is 2.88 bits per heavy atom. The molecule has 0 radical (unpaired) electrons. The number of carbonyl (C=O) groups excluding carboxylic acids is 1. The van der Waals surface area contributed by atoms with Crippen molar-refractivity contribution in [3.8, 4) is 0 Å². The van der Waals surface area contributed by atoms with Crippen LogP contribution in [0.5, 0.6) is 0 Å². The van der Waals surface area contributed by atoms with Gasteiger partial charge in [0, 0.05) is 44.5 Å². The van der Waals surface area contributed by atoms with Gasteiger partial charge in [0.25, 0.3) is 0 Å². The van der Waals surface area contributed by atoms with E-state index in [0.29, 0.717) is 12.5 Å². The van der Waals surface area contributed by atoms with Crippen molar-refractivity contribution in [2.75, 3.05) is 13.1 Å². The first kappa shape index (κ1) is 18.4. The van der Waals surface area contributed by atoms with E-state index in [1.807, 2.05) is 17.2 Å². The standard InChI is InChI=1S/C20H27FN4O/c1-2-3-10-24-13-9-22-19(24)17-7-11-25(12-8-17)20(26)23-15-16-5-4-6-18(21)14-16/h4-6,9,13-14,17H,2-3,7-8,10-12,15H2,1H3,(H,23,26). The number of nitrogens with zero attached hydrogens (tertiary/aromatic N) is 3. The van der Waals surface area contributed by atoms with Crippen molar-refractivity contribution in [1.29, 1.82) is 0 Å². The number of aromatic nitrogens is 2. The molecule has 1 saturated heterocycles. The monoisotopic (exact) mass is 358 g/mol. The predicted molar refractivity (Wildman–Crippen MR) is 99.3 cm³/mol. The van der Waals surface area contributed by atoms with Gasteiger partial charge in [-0.1, -0.05) is 25.5 Å². The molecule has 2 aromatic rings. The van der Waals surface area contributed by atoms with Gasteiger partial charge >= 0.3 is 6.03 Å². The second-order valence-electron chi connectivity index (χ2n) is 6.88. The Labute approximate surface area is 154 Å². The summed E-state index contributed by atoms with van der Waals surface area (Å²) in [6, 6.07) is 6.24. The van der Waals surface area contributed by atoms with Crippen LogP contribution in [0.3, 0.4) is 0 Å². The van der Waals surface area contributed by atoms with Crippen molar-refractivity contribution in [2.45, 2.75) is 51.6 Å². The summed E-state index contributed by atoms with van der Waals surface area (Å²) in [6.45, 7) is 5.00. The number of likely N-dealkylation sites (tertiary alicyclic amines) is 1. The minimum atomic E-state index is -0.281. The molecule has 1 fully saturated rings. The van der Waals surface area contributed by atoms with Crippen molar-refractivity contribution < 1.29 is 9.18 Å². The van der Waals surface area contributed by atoms with Gasteiger partial charge in [0.2, 0.25) is 0 Å². The van der Waals surface area contributed by atoms with E-state index < -0.39 is 0 Å². The van der Waals surface area contributed by atoms with Gasteiger partial charge in [-0.05, 0) is 37.0 Å². The maximum absolute atomic E-state index is 13.2. The Balaban J connectivity index is 1.49. The van der Waals surface area contributed by atoms with Crippen LogP contribution in [0.2, 0.25) is 0 Å². The molecule has 1 aromatic heterocycles. The highest BCUT2D eigenvalue weighted by Gasteiger charge is 2.26. The van der Waals surface area contributed by atoms with Gasteiger partial charge in [0.05, 0.1) is 0 Å². The van der Waals surface area contributed by atoms with E-state index in [2.05, 4.69) is 28.0 Å². The number of hydrogen-bond acceptors (Lipinski definition) is 2. The SMILES string of the molecule is CCCCn1ccnc1C1CCN(C(=O)NCc2cccc(F)c2)CC1. The molecule has 1 aliphatic rings. The summed E-state index contributed by atoms with van der Waals surface area (Å²) in [6.07, 6.45) is 8.12. The molecular formula is C20H27FN4O. The number of unbranched alkanes of at least 4 members (excludes halogenated alkanes) is 1. The smallest absolute Gasteiger partial charge is 0.317 e. The van der Waals surface area contributed by atoms with Crippen LogP contribution in [0.1, 0.15) is 49.9 Å². The van der Waals surface area contributed by atoms with E-state index in [1.54, 1.807) is 6.07 Å². The summed E-state index contributed by atoms with van der Waals surface area (Å²) in [5.74, 6) is 1.28. The lowest BCUT2D eigenvalue weighted by molar-refractivity contribution is 0.179. The molecular weight excluding hydrogens is 331 g/mol. The number of imidazole rings is 1. The molecule has 0 atom stereocenters. The molecule has 5 nitrogen and oxygen atoms in total. The summed E-state index contributed by atoms with van der Waals surface area (Å²) in [5, 5.41) is 2.88. The zero-order chi connectivity index (χ0) is 18.4. The third-order valence-electron chi connectivity index (χ3n) is 4.98. The molecule has 0 saturated carbocycles. The molecule has 140 valence electrons. The number of urea groups is 1. The van der Waals surface area contributed by atoms with E-state index in [4.69, 9.17) is 0 Å². The number of piperidine rings is 1. The molecule has 1 aliphatic heterocycles. The van der Waals surface area contributed by atoms with Crippen LogP contribution in [-0.4, -0.2) is 33.6 Å². The normalized spacial score (nSPS) is 15.2. The number of rotatable bonds is 6. The minimum Gasteiger partial charge on any atom is -0.335 e. The highest BCUT2D eigenvalue weighted by atomic mass is 19.1. The van der Waals surface area contributed by atoms with Gasteiger partial charge in [0.15, 0.2) is 0 Å². The second kappa shape index (κ2) is 8.83. The lowest BCUT2D eigenvalue weighted by Gasteiger charge is -2.32. The van der Waals surface area contributed by atoms with Gasteiger partial charge in [-0.2, -0.15) is 0 Å². The van der Waals surface area contributed by atoms with E-state index in [0.717, 1.165) is 50.3 Å². The van der Waals surface area contributed by atoms with Crippen LogP contribution in [-0.2, 0) is 13.1 Å². The molecule has 26 heavy (non-hydrogen) atoms.